The molecule has 0 bridgehead atoms. The molecule has 1 fully saturated rings. The van der Waals surface area contributed by atoms with E-state index in [4.69, 9.17) is 10.2 Å². The molecule has 17 heavy (non-hydrogen) atoms. The van der Waals surface area contributed by atoms with E-state index in [-0.39, 0.29) is 18.4 Å². The van der Waals surface area contributed by atoms with E-state index < -0.39 is 17.8 Å². The van der Waals surface area contributed by atoms with Crippen LogP contribution < -0.4 is 0 Å². The Kier molecular flexibility index (Phi) is 3.47. The summed E-state index contributed by atoms with van der Waals surface area (Å²) in [5.74, 6) is -1.84. The van der Waals surface area contributed by atoms with Crippen molar-refractivity contribution in [2.45, 2.75) is 12.8 Å². The Hall–Kier alpha value is -1.36. The lowest BCUT2D eigenvalue weighted by Crippen LogP contribution is -2.54. The summed E-state index contributed by atoms with van der Waals surface area (Å²) in [4.78, 5) is 24.8. The summed E-state index contributed by atoms with van der Waals surface area (Å²) in [7, 11) is 0. The van der Waals surface area contributed by atoms with Crippen LogP contribution in [-0.2, 0) is 9.59 Å². The van der Waals surface area contributed by atoms with Crippen molar-refractivity contribution >= 4 is 11.9 Å². The predicted molar refractivity (Wildman–Crippen MR) is 60.1 cm³/mol. The van der Waals surface area contributed by atoms with Gasteiger partial charge in [-0.1, -0.05) is 12.2 Å². The molecule has 0 aromatic heterocycles. The normalized spacial score (nSPS) is 28.9. The van der Waals surface area contributed by atoms with Crippen molar-refractivity contribution < 1.29 is 19.8 Å². The van der Waals surface area contributed by atoms with E-state index in [0.29, 0.717) is 25.9 Å². The number of aliphatic carboxylic acids is 1. The lowest BCUT2D eigenvalue weighted by atomic mass is 9.81. The predicted octanol–water partition coefficient (Wildman–Crippen LogP) is 0.104. The Labute approximate surface area is 99.7 Å². The quantitative estimate of drug-likeness (QED) is 0.685. The molecule has 5 nitrogen and oxygen atoms in total. The summed E-state index contributed by atoms with van der Waals surface area (Å²) in [6.07, 6.45) is 4.65. The van der Waals surface area contributed by atoms with Crippen molar-refractivity contribution in [3.05, 3.63) is 12.2 Å². The minimum atomic E-state index is -0.896. The van der Waals surface area contributed by atoms with Crippen LogP contribution in [-0.4, -0.2) is 46.7 Å². The van der Waals surface area contributed by atoms with Crippen LogP contribution >= 0.6 is 0 Å². The van der Waals surface area contributed by atoms with Gasteiger partial charge in [0.1, 0.15) is 0 Å². The standard InChI is InChI=1S/C12H17NO4/c14-7-8-5-13(6-8)11(15)9-3-1-2-4-10(9)12(16)17/h1-2,8-10,14H,3-7H2,(H,16,17). The molecule has 0 spiro atoms. The highest BCUT2D eigenvalue weighted by atomic mass is 16.4. The maximum absolute atomic E-state index is 12.1. The van der Waals surface area contributed by atoms with Crippen LogP contribution in [0.3, 0.4) is 0 Å². The fourth-order valence-corrected chi connectivity index (χ4v) is 2.46. The van der Waals surface area contributed by atoms with E-state index >= 15 is 0 Å². The lowest BCUT2D eigenvalue weighted by Gasteiger charge is -2.41. The molecule has 94 valence electrons. The summed E-state index contributed by atoms with van der Waals surface area (Å²) in [5.41, 5.74) is 0. The van der Waals surface area contributed by atoms with Crippen molar-refractivity contribution in [3.8, 4) is 0 Å². The number of carboxylic acids is 1. The van der Waals surface area contributed by atoms with Gasteiger partial charge in [0.2, 0.25) is 5.91 Å². The molecule has 2 atom stereocenters. The number of hydrogen-bond acceptors (Lipinski definition) is 3. The summed E-state index contributed by atoms with van der Waals surface area (Å²) < 4.78 is 0. The number of allylic oxidation sites excluding steroid dienone is 2. The van der Waals surface area contributed by atoms with Crippen LogP contribution in [0.4, 0.5) is 0 Å². The summed E-state index contributed by atoms with van der Waals surface area (Å²) in [6, 6.07) is 0. The van der Waals surface area contributed by atoms with E-state index in [2.05, 4.69) is 0 Å². The highest BCUT2D eigenvalue weighted by Gasteiger charge is 2.40. The molecule has 5 heteroatoms. The molecular formula is C12H17NO4. The first-order valence-corrected chi connectivity index (χ1v) is 5.91. The van der Waals surface area contributed by atoms with E-state index in [1.807, 2.05) is 12.2 Å². The molecule has 1 saturated heterocycles. The van der Waals surface area contributed by atoms with Crippen molar-refractivity contribution in [2.75, 3.05) is 19.7 Å². The third kappa shape index (κ3) is 2.34. The SMILES string of the molecule is O=C(O)C1CC=CCC1C(=O)N1CC(CO)C1. The highest BCUT2D eigenvalue weighted by Crippen LogP contribution is 2.30. The molecule has 2 rings (SSSR count). The smallest absolute Gasteiger partial charge is 0.307 e. The molecule has 0 saturated carbocycles. The van der Waals surface area contributed by atoms with Gasteiger partial charge in [-0.2, -0.15) is 0 Å². The number of aliphatic hydroxyl groups excluding tert-OH is 1. The topological polar surface area (TPSA) is 77.8 Å². The van der Waals surface area contributed by atoms with Crippen LogP contribution in [0.5, 0.6) is 0 Å². The van der Waals surface area contributed by atoms with Gasteiger partial charge >= 0.3 is 5.97 Å². The maximum atomic E-state index is 12.1. The number of likely N-dealkylation sites (tertiary alicyclic amines) is 1. The zero-order valence-electron chi connectivity index (χ0n) is 9.58. The third-order valence-electron chi connectivity index (χ3n) is 3.59. The Morgan fingerprint density at radius 1 is 1.18 bits per heavy atom. The molecule has 1 aliphatic heterocycles. The minimum absolute atomic E-state index is 0.0774. The first-order valence-electron chi connectivity index (χ1n) is 5.91. The molecule has 1 amide bonds. The fourth-order valence-electron chi connectivity index (χ4n) is 2.46. The second kappa shape index (κ2) is 4.87. The number of nitrogens with zero attached hydrogens (tertiary/aromatic N) is 1. The number of carboxylic acid groups (broad SMARTS) is 1. The van der Waals surface area contributed by atoms with Gasteiger partial charge in [0.05, 0.1) is 11.8 Å². The van der Waals surface area contributed by atoms with E-state index in [1.165, 1.54) is 0 Å². The summed E-state index contributed by atoms with van der Waals surface area (Å²) >= 11 is 0. The second-order valence-corrected chi connectivity index (χ2v) is 4.79. The van der Waals surface area contributed by atoms with Crippen molar-refractivity contribution in [2.24, 2.45) is 17.8 Å². The van der Waals surface area contributed by atoms with E-state index in [0.717, 1.165) is 0 Å². The molecule has 2 N–H and O–H groups in total. The monoisotopic (exact) mass is 239 g/mol. The van der Waals surface area contributed by atoms with Crippen LogP contribution in [0, 0.1) is 17.8 Å². The average molecular weight is 239 g/mol. The van der Waals surface area contributed by atoms with Crippen LogP contribution in [0.1, 0.15) is 12.8 Å². The Morgan fingerprint density at radius 2 is 1.76 bits per heavy atom. The van der Waals surface area contributed by atoms with Crippen molar-refractivity contribution in [1.29, 1.82) is 0 Å². The summed E-state index contributed by atoms with van der Waals surface area (Å²) in [6.45, 7) is 1.21. The second-order valence-electron chi connectivity index (χ2n) is 4.79. The molecule has 1 aliphatic carbocycles. The van der Waals surface area contributed by atoms with Gasteiger partial charge in [-0.15, -0.1) is 0 Å². The van der Waals surface area contributed by atoms with E-state index in [9.17, 15) is 9.59 Å². The van der Waals surface area contributed by atoms with Crippen LogP contribution in [0.15, 0.2) is 12.2 Å². The number of carbonyl (C=O) groups excluding carboxylic acids is 1. The third-order valence-corrected chi connectivity index (χ3v) is 3.59. The Bertz CT molecular complexity index is 346. The van der Waals surface area contributed by atoms with Gasteiger partial charge < -0.3 is 15.1 Å². The fraction of sp³-hybridized carbons (Fsp3) is 0.667. The van der Waals surface area contributed by atoms with Gasteiger partial charge in [0.25, 0.3) is 0 Å². The number of rotatable bonds is 3. The number of carbonyl (C=O) groups is 2. The zero-order valence-corrected chi connectivity index (χ0v) is 9.58. The van der Waals surface area contributed by atoms with Crippen molar-refractivity contribution in [1.82, 2.24) is 4.90 Å². The number of aliphatic hydroxyl groups is 1. The van der Waals surface area contributed by atoms with Gasteiger partial charge in [-0.05, 0) is 12.8 Å². The first-order chi connectivity index (χ1) is 8.13. The number of amides is 1. The van der Waals surface area contributed by atoms with Crippen LogP contribution in [0.2, 0.25) is 0 Å². The first kappa shape index (κ1) is 12.1. The highest BCUT2D eigenvalue weighted by molar-refractivity contribution is 5.85. The molecule has 0 aromatic rings. The molecule has 0 radical (unpaired) electrons. The largest absolute Gasteiger partial charge is 0.481 e. The summed E-state index contributed by atoms with van der Waals surface area (Å²) in [5, 5.41) is 18.0. The van der Waals surface area contributed by atoms with Crippen molar-refractivity contribution in [3.63, 3.8) is 0 Å². The molecule has 0 aromatic carbocycles. The van der Waals surface area contributed by atoms with Crippen LogP contribution in [0.25, 0.3) is 0 Å². The average Bonchev–Trinajstić information content (AvgIpc) is 2.27. The number of hydrogen-bond donors (Lipinski definition) is 2. The van der Waals surface area contributed by atoms with Gasteiger partial charge in [0, 0.05) is 25.6 Å². The van der Waals surface area contributed by atoms with Gasteiger partial charge in [0.15, 0.2) is 0 Å². The maximum Gasteiger partial charge on any atom is 0.307 e. The molecule has 2 unspecified atom stereocenters. The van der Waals surface area contributed by atoms with Gasteiger partial charge in [-0.3, -0.25) is 9.59 Å². The molecule has 1 heterocycles. The minimum Gasteiger partial charge on any atom is -0.481 e. The Morgan fingerprint density at radius 3 is 2.29 bits per heavy atom. The zero-order chi connectivity index (χ0) is 12.4. The Balaban J connectivity index is 1.98. The molecule has 2 aliphatic rings. The van der Waals surface area contributed by atoms with Gasteiger partial charge in [-0.25, -0.2) is 0 Å². The molecular weight excluding hydrogens is 222 g/mol. The van der Waals surface area contributed by atoms with E-state index in [1.54, 1.807) is 4.90 Å². The lowest BCUT2D eigenvalue weighted by molar-refractivity contribution is -0.154.